The minimum atomic E-state index is -0.894. The summed E-state index contributed by atoms with van der Waals surface area (Å²) >= 11 is 7.23. The van der Waals surface area contributed by atoms with Crippen molar-refractivity contribution in [2.45, 2.75) is 26.2 Å². The molecule has 2 aromatic rings. The van der Waals surface area contributed by atoms with Crippen LogP contribution < -0.4 is 0 Å². The predicted octanol–water partition coefficient (Wildman–Crippen LogP) is 5.18. The van der Waals surface area contributed by atoms with Crippen molar-refractivity contribution >= 4 is 35.0 Å². The molecule has 0 atom stereocenters. The summed E-state index contributed by atoms with van der Waals surface area (Å²) < 4.78 is 0. The van der Waals surface area contributed by atoms with Gasteiger partial charge in [0.1, 0.15) is 5.75 Å². The van der Waals surface area contributed by atoms with Gasteiger partial charge in [0.15, 0.2) is 0 Å². The number of hydrogen-bond donors (Lipinski definition) is 2. The molecule has 5 heteroatoms. The van der Waals surface area contributed by atoms with Crippen LogP contribution in [0.5, 0.6) is 5.75 Å². The topological polar surface area (TPSA) is 57.5 Å². The number of carboxylic acids is 1. The minimum absolute atomic E-state index is 0.140. The zero-order valence-electron chi connectivity index (χ0n) is 12.3. The first-order valence-electron chi connectivity index (χ1n) is 6.88. The Labute approximate surface area is 138 Å². The normalized spacial score (nSPS) is 11.5. The molecule has 0 radical (unpaired) electrons. The van der Waals surface area contributed by atoms with Crippen molar-refractivity contribution in [3.05, 3.63) is 56.2 Å². The molecule has 2 rings (SSSR count). The van der Waals surface area contributed by atoms with E-state index in [0.717, 1.165) is 16.0 Å². The number of aromatic hydroxyl groups is 1. The first-order chi connectivity index (χ1) is 10.4. The molecular formula is C17H17ClO3S. The van der Waals surface area contributed by atoms with Crippen molar-refractivity contribution < 1.29 is 15.0 Å². The van der Waals surface area contributed by atoms with Crippen molar-refractivity contribution in [2.24, 2.45) is 0 Å². The molecule has 0 amide bonds. The second-order valence-electron chi connectivity index (χ2n) is 5.27. The summed E-state index contributed by atoms with van der Waals surface area (Å²) in [5, 5.41) is 21.2. The Morgan fingerprint density at radius 1 is 1.41 bits per heavy atom. The van der Waals surface area contributed by atoms with Crippen LogP contribution in [-0.4, -0.2) is 16.2 Å². The van der Waals surface area contributed by atoms with Crippen LogP contribution in [0, 0.1) is 0 Å². The van der Waals surface area contributed by atoms with Gasteiger partial charge in [-0.25, -0.2) is 4.79 Å². The summed E-state index contributed by atoms with van der Waals surface area (Å²) in [5.74, 6) is -0.588. The Hall–Kier alpha value is -1.78. The van der Waals surface area contributed by atoms with Gasteiger partial charge in [-0.05, 0) is 41.7 Å². The first-order valence-corrected chi connectivity index (χ1v) is 8.14. The smallest absolute Gasteiger partial charge is 0.336 e. The van der Waals surface area contributed by atoms with Crippen molar-refractivity contribution in [1.82, 2.24) is 0 Å². The SMILES string of the molecule is CC(C)c1c(C(=O)O)csc1C=CCc1ccc(Cl)cc1O. The van der Waals surface area contributed by atoms with Gasteiger partial charge in [0.25, 0.3) is 0 Å². The van der Waals surface area contributed by atoms with Crippen LogP contribution in [0.4, 0.5) is 0 Å². The molecule has 0 aliphatic carbocycles. The molecular weight excluding hydrogens is 320 g/mol. The second-order valence-corrected chi connectivity index (χ2v) is 6.61. The van der Waals surface area contributed by atoms with Gasteiger partial charge in [0.05, 0.1) is 5.56 Å². The average molecular weight is 337 g/mol. The van der Waals surface area contributed by atoms with Crippen molar-refractivity contribution in [1.29, 1.82) is 0 Å². The molecule has 0 unspecified atom stereocenters. The fraction of sp³-hybridized carbons (Fsp3) is 0.235. The van der Waals surface area contributed by atoms with Gasteiger partial charge >= 0.3 is 5.97 Å². The summed E-state index contributed by atoms with van der Waals surface area (Å²) in [6.07, 6.45) is 4.40. The molecule has 0 aliphatic rings. The highest BCUT2D eigenvalue weighted by Gasteiger charge is 2.17. The Bertz CT molecular complexity index is 717. The molecule has 116 valence electrons. The highest BCUT2D eigenvalue weighted by Crippen LogP contribution is 2.31. The lowest BCUT2D eigenvalue weighted by Crippen LogP contribution is -2.01. The summed E-state index contributed by atoms with van der Waals surface area (Å²) in [5.41, 5.74) is 2.00. The second kappa shape index (κ2) is 6.99. The predicted molar refractivity (Wildman–Crippen MR) is 91.2 cm³/mol. The number of benzene rings is 1. The fourth-order valence-electron chi connectivity index (χ4n) is 2.27. The molecule has 0 fully saturated rings. The maximum Gasteiger partial charge on any atom is 0.336 e. The third-order valence-corrected chi connectivity index (χ3v) is 4.52. The molecule has 22 heavy (non-hydrogen) atoms. The number of rotatable bonds is 5. The summed E-state index contributed by atoms with van der Waals surface area (Å²) in [4.78, 5) is 12.2. The standard InChI is InChI=1S/C17H17ClO3S/c1-10(2)16-13(17(20)21)9-22-15(16)5-3-4-11-6-7-12(18)8-14(11)19/h3,5-10,19H,4H2,1-2H3,(H,20,21). The van der Waals surface area contributed by atoms with Gasteiger partial charge < -0.3 is 10.2 Å². The summed E-state index contributed by atoms with van der Waals surface area (Å²) in [7, 11) is 0. The van der Waals surface area contributed by atoms with Gasteiger partial charge in [-0.3, -0.25) is 0 Å². The maximum atomic E-state index is 11.2. The number of carboxylic acid groups (broad SMARTS) is 1. The van der Waals surface area contributed by atoms with E-state index in [-0.39, 0.29) is 11.7 Å². The number of halogens is 1. The molecule has 2 N–H and O–H groups in total. The van der Waals surface area contributed by atoms with Crippen LogP contribution in [0.15, 0.2) is 29.7 Å². The number of carbonyl (C=O) groups is 1. The Morgan fingerprint density at radius 2 is 2.14 bits per heavy atom. The van der Waals surface area contributed by atoms with Crippen LogP contribution in [0.1, 0.15) is 46.1 Å². The molecule has 1 aromatic carbocycles. The van der Waals surface area contributed by atoms with Gasteiger partial charge in [0.2, 0.25) is 0 Å². The molecule has 0 saturated carbocycles. The van der Waals surface area contributed by atoms with E-state index in [0.29, 0.717) is 17.0 Å². The zero-order chi connectivity index (χ0) is 16.3. The maximum absolute atomic E-state index is 11.2. The number of phenols is 1. The molecule has 0 aliphatic heterocycles. The van der Waals surface area contributed by atoms with Crippen molar-refractivity contribution in [3.63, 3.8) is 0 Å². The quantitative estimate of drug-likeness (QED) is 0.790. The van der Waals surface area contributed by atoms with Crippen LogP contribution in [0.2, 0.25) is 5.02 Å². The minimum Gasteiger partial charge on any atom is -0.508 e. The van der Waals surface area contributed by atoms with Gasteiger partial charge in [-0.15, -0.1) is 11.3 Å². The molecule has 1 heterocycles. The van der Waals surface area contributed by atoms with Crippen molar-refractivity contribution in [3.8, 4) is 5.75 Å². The number of hydrogen-bond acceptors (Lipinski definition) is 3. The third kappa shape index (κ3) is 3.70. The number of thiophene rings is 1. The van der Waals surface area contributed by atoms with Crippen LogP contribution in [0.25, 0.3) is 6.08 Å². The Balaban J connectivity index is 2.22. The summed E-state index contributed by atoms with van der Waals surface area (Å²) in [6.45, 7) is 3.97. The third-order valence-electron chi connectivity index (χ3n) is 3.32. The number of aromatic carboxylic acids is 1. The molecule has 0 spiro atoms. The van der Waals surface area contributed by atoms with E-state index in [1.165, 1.54) is 17.4 Å². The molecule has 1 aromatic heterocycles. The average Bonchev–Trinajstić information content (AvgIpc) is 2.85. The van der Waals surface area contributed by atoms with Crippen LogP contribution in [-0.2, 0) is 6.42 Å². The molecule has 3 nitrogen and oxygen atoms in total. The lowest BCUT2D eigenvalue weighted by molar-refractivity contribution is 0.0696. The summed E-state index contributed by atoms with van der Waals surface area (Å²) in [6, 6.07) is 5.03. The van der Waals surface area contributed by atoms with E-state index in [1.54, 1.807) is 17.5 Å². The van der Waals surface area contributed by atoms with E-state index >= 15 is 0 Å². The Kier molecular flexibility index (Phi) is 5.27. The molecule has 0 saturated heterocycles. The highest BCUT2D eigenvalue weighted by molar-refractivity contribution is 7.11. The number of phenolic OH excluding ortho intramolecular Hbond substituents is 1. The molecule has 0 bridgehead atoms. The Morgan fingerprint density at radius 3 is 2.73 bits per heavy atom. The van der Waals surface area contributed by atoms with E-state index in [1.807, 2.05) is 26.0 Å². The van der Waals surface area contributed by atoms with E-state index in [4.69, 9.17) is 11.6 Å². The van der Waals surface area contributed by atoms with Gasteiger partial charge in [-0.2, -0.15) is 0 Å². The van der Waals surface area contributed by atoms with Crippen LogP contribution >= 0.6 is 22.9 Å². The lowest BCUT2D eigenvalue weighted by atomic mass is 9.98. The lowest BCUT2D eigenvalue weighted by Gasteiger charge is -2.06. The number of allylic oxidation sites excluding steroid dienone is 1. The fourth-order valence-corrected chi connectivity index (χ4v) is 3.56. The monoisotopic (exact) mass is 336 g/mol. The first kappa shape index (κ1) is 16.6. The highest BCUT2D eigenvalue weighted by atomic mass is 35.5. The van der Waals surface area contributed by atoms with E-state index in [2.05, 4.69) is 0 Å². The zero-order valence-corrected chi connectivity index (χ0v) is 13.9. The van der Waals surface area contributed by atoms with Gasteiger partial charge in [-0.1, -0.05) is 37.6 Å². The van der Waals surface area contributed by atoms with E-state index < -0.39 is 5.97 Å². The van der Waals surface area contributed by atoms with Gasteiger partial charge in [0, 0.05) is 15.3 Å². The largest absolute Gasteiger partial charge is 0.508 e. The van der Waals surface area contributed by atoms with Crippen molar-refractivity contribution in [2.75, 3.05) is 0 Å². The van der Waals surface area contributed by atoms with Crippen LogP contribution in [0.3, 0.4) is 0 Å². The van der Waals surface area contributed by atoms with E-state index in [9.17, 15) is 15.0 Å².